The largest absolute Gasteiger partial charge is 0.306 e. The number of nitrogens with one attached hydrogen (secondary N) is 1. The minimum atomic E-state index is 0.342. The molecule has 1 aromatic rings. The molecule has 1 saturated carbocycles. The molecule has 2 aliphatic rings. The monoisotopic (exact) mass is 257 g/mol. The van der Waals surface area contributed by atoms with Gasteiger partial charge in [0.15, 0.2) is 0 Å². The van der Waals surface area contributed by atoms with Crippen molar-refractivity contribution in [1.29, 1.82) is 0 Å². The molecule has 4 atom stereocenters. The lowest BCUT2D eigenvalue weighted by atomic mass is 9.84. The van der Waals surface area contributed by atoms with Gasteiger partial charge in [0.2, 0.25) is 0 Å². The number of benzene rings is 1. The highest BCUT2D eigenvalue weighted by atomic mass is 15.0. The highest BCUT2D eigenvalue weighted by Gasteiger charge is 2.41. The zero-order chi connectivity index (χ0) is 13.6. The van der Waals surface area contributed by atoms with Crippen LogP contribution < -0.4 is 5.32 Å². The van der Waals surface area contributed by atoms with Crippen molar-refractivity contribution in [2.45, 2.75) is 59.0 Å². The van der Waals surface area contributed by atoms with E-state index in [1.54, 1.807) is 11.1 Å². The molecule has 0 radical (unpaired) electrons. The molecule has 0 spiro atoms. The van der Waals surface area contributed by atoms with E-state index >= 15 is 0 Å². The van der Waals surface area contributed by atoms with Crippen molar-refractivity contribution in [2.75, 3.05) is 0 Å². The van der Waals surface area contributed by atoms with Crippen molar-refractivity contribution < 1.29 is 0 Å². The normalized spacial score (nSPS) is 36.4. The van der Waals surface area contributed by atoms with Crippen LogP contribution in [-0.4, -0.2) is 6.04 Å². The van der Waals surface area contributed by atoms with Crippen molar-refractivity contribution >= 4 is 0 Å². The molecule has 0 amide bonds. The van der Waals surface area contributed by atoms with Gasteiger partial charge in [0.1, 0.15) is 0 Å². The summed E-state index contributed by atoms with van der Waals surface area (Å²) in [4.78, 5) is 0. The fourth-order valence-corrected chi connectivity index (χ4v) is 4.12. The fourth-order valence-electron chi connectivity index (χ4n) is 4.12. The van der Waals surface area contributed by atoms with Crippen LogP contribution in [0.25, 0.3) is 0 Å². The molecule has 1 heteroatoms. The van der Waals surface area contributed by atoms with Crippen molar-refractivity contribution in [1.82, 2.24) is 5.32 Å². The molecular formula is C18H27N. The van der Waals surface area contributed by atoms with Crippen LogP contribution in [0.4, 0.5) is 0 Å². The summed E-state index contributed by atoms with van der Waals surface area (Å²) in [5.74, 6) is 1.68. The summed E-state index contributed by atoms with van der Waals surface area (Å²) in [6, 6.07) is 10.2. The topological polar surface area (TPSA) is 12.0 Å². The predicted molar refractivity (Wildman–Crippen MR) is 81.2 cm³/mol. The van der Waals surface area contributed by atoms with Crippen LogP contribution >= 0.6 is 0 Å². The number of fused-ring (bicyclic) bond motifs is 1. The highest BCUT2D eigenvalue weighted by molar-refractivity contribution is 5.37. The smallest absolute Gasteiger partial charge is 0.0380 e. The maximum atomic E-state index is 4.00. The van der Waals surface area contributed by atoms with E-state index in [0.29, 0.717) is 17.5 Å². The van der Waals surface area contributed by atoms with Gasteiger partial charge in [0.25, 0.3) is 0 Å². The molecule has 3 rings (SSSR count). The lowest BCUT2D eigenvalue weighted by Crippen LogP contribution is -2.40. The van der Waals surface area contributed by atoms with Crippen molar-refractivity contribution in [3.05, 3.63) is 35.4 Å². The Morgan fingerprint density at radius 1 is 1.11 bits per heavy atom. The van der Waals surface area contributed by atoms with Gasteiger partial charge in [-0.15, -0.1) is 0 Å². The first kappa shape index (κ1) is 13.2. The van der Waals surface area contributed by atoms with Crippen LogP contribution in [0.5, 0.6) is 0 Å². The molecule has 1 N–H and O–H groups in total. The van der Waals surface area contributed by atoms with E-state index in [4.69, 9.17) is 0 Å². The molecule has 104 valence electrons. The van der Waals surface area contributed by atoms with Gasteiger partial charge in [0, 0.05) is 12.1 Å². The van der Waals surface area contributed by atoms with Crippen LogP contribution in [0.3, 0.4) is 0 Å². The Labute approximate surface area is 117 Å². The van der Waals surface area contributed by atoms with Gasteiger partial charge in [-0.1, -0.05) is 52.0 Å². The van der Waals surface area contributed by atoms with Crippen molar-refractivity contribution in [2.24, 2.45) is 17.3 Å². The SMILES string of the molecule is CC1CCC(NC2c3ccccc3CC2(C)C)C1C. The van der Waals surface area contributed by atoms with E-state index in [1.165, 1.54) is 19.3 Å². The first-order chi connectivity index (χ1) is 8.99. The van der Waals surface area contributed by atoms with Crippen LogP contribution in [-0.2, 0) is 6.42 Å². The lowest BCUT2D eigenvalue weighted by Gasteiger charge is -2.33. The molecular weight excluding hydrogens is 230 g/mol. The summed E-state index contributed by atoms with van der Waals surface area (Å²) in [7, 11) is 0. The summed E-state index contributed by atoms with van der Waals surface area (Å²) in [6.45, 7) is 9.64. The summed E-state index contributed by atoms with van der Waals surface area (Å²) < 4.78 is 0. The molecule has 1 fully saturated rings. The van der Waals surface area contributed by atoms with E-state index in [9.17, 15) is 0 Å². The third kappa shape index (κ3) is 2.23. The summed E-state index contributed by atoms with van der Waals surface area (Å²) in [5.41, 5.74) is 3.43. The first-order valence-corrected chi connectivity index (χ1v) is 7.83. The molecule has 1 nitrogen and oxygen atoms in total. The third-order valence-electron chi connectivity index (χ3n) is 5.64. The molecule has 2 aliphatic carbocycles. The molecule has 0 heterocycles. The minimum absolute atomic E-state index is 0.342. The second-order valence-electron chi connectivity index (χ2n) is 7.48. The quantitative estimate of drug-likeness (QED) is 0.831. The zero-order valence-electron chi connectivity index (χ0n) is 12.7. The van der Waals surface area contributed by atoms with Gasteiger partial charge >= 0.3 is 0 Å². The lowest BCUT2D eigenvalue weighted by molar-refractivity contribution is 0.227. The van der Waals surface area contributed by atoms with Gasteiger partial charge in [0.05, 0.1) is 0 Å². The number of rotatable bonds is 2. The standard InChI is InChI=1S/C18H27N/c1-12-9-10-16(13(12)2)19-17-15-8-6-5-7-14(15)11-18(17,3)4/h5-8,12-13,16-17,19H,9-11H2,1-4H3. The Morgan fingerprint density at radius 3 is 2.53 bits per heavy atom. The number of hydrogen-bond acceptors (Lipinski definition) is 1. The van der Waals surface area contributed by atoms with E-state index in [0.717, 1.165) is 11.8 Å². The van der Waals surface area contributed by atoms with Crippen LogP contribution in [0.2, 0.25) is 0 Å². The predicted octanol–water partition coefficient (Wildman–Crippen LogP) is 4.33. The van der Waals surface area contributed by atoms with E-state index < -0.39 is 0 Å². The Balaban J connectivity index is 1.84. The Morgan fingerprint density at radius 2 is 1.84 bits per heavy atom. The van der Waals surface area contributed by atoms with E-state index in [1.807, 2.05) is 0 Å². The summed E-state index contributed by atoms with van der Waals surface area (Å²) >= 11 is 0. The zero-order valence-corrected chi connectivity index (χ0v) is 12.7. The molecule has 0 bridgehead atoms. The maximum Gasteiger partial charge on any atom is 0.0380 e. The van der Waals surface area contributed by atoms with Crippen molar-refractivity contribution in [3.63, 3.8) is 0 Å². The second-order valence-corrected chi connectivity index (χ2v) is 7.48. The third-order valence-corrected chi connectivity index (χ3v) is 5.64. The molecule has 0 saturated heterocycles. The molecule has 0 aromatic heterocycles. The average molecular weight is 257 g/mol. The Hall–Kier alpha value is -0.820. The van der Waals surface area contributed by atoms with Gasteiger partial charge in [-0.25, -0.2) is 0 Å². The second kappa shape index (κ2) is 4.63. The summed E-state index contributed by atoms with van der Waals surface area (Å²) in [5, 5.41) is 4.00. The number of hydrogen-bond donors (Lipinski definition) is 1. The molecule has 4 unspecified atom stereocenters. The van der Waals surface area contributed by atoms with Crippen LogP contribution in [0.15, 0.2) is 24.3 Å². The minimum Gasteiger partial charge on any atom is -0.306 e. The van der Waals surface area contributed by atoms with Gasteiger partial charge in [-0.05, 0) is 47.6 Å². The van der Waals surface area contributed by atoms with Crippen molar-refractivity contribution in [3.8, 4) is 0 Å². The highest BCUT2D eigenvalue weighted by Crippen LogP contribution is 2.46. The Bertz CT molecular complexity index is 463. The first-order valence-electron chi connectivity index (χ1n) is 7.83. The molecule has 1 aromatic carbocycles. The van der Waals surface area contributed by atoms with E-state index in [-0.39, 0.29) is 0 Å². The fraction of sp³-hybridized carbons (Fsp3) is 0.667. The van der Waals surface area contributed by atoms with Gasteiger partial charge in [-0.3, -0.25) is 0 Å². The van der Waals surface area contributed by atoms with Gasteiger partial charge in [-0.2, -0.15) is 0 Å². The van der Waals surface area contributed by atoms with Crippen LogP contribution in [0.1, 0.15) is 57.7 Å². The average Bonchev–Trinajstić information content (AvgIpc) is 2.81. The maximum absolute atomic E-state index is 4.00. The molecule has 0 aliphatic heterocycles. The van der Waals surface area contributed by atoms with Gasteiger partial charge < -0.3 is 5.32 Å². The Kier molecular flexibility index (Phi) is 3.21. The van der Waals surface area contributed by atoms with E-state index in [2.05, 4.69) is 57.3 Å². The van der Waals surface area contributed by atoms with Crippen LogP contribution in [0, 0.1) is 17.3 Å². The summed E-state index contributed by atoms with van der Waals surface area (Å²) in [6.07, 6.45) is 3.93. The molecule has 19 heavy (non-hydrogen) atoms.